The van der Waals surface area contributed by atoms with Gasteiger partial charge in [0.15, 0.2) is 0 Å². The lowest BCUT2D eigenvalue weighted by atomic mass is 10.2. The molecule has 84 valence electrons. The van der Waals surface area contributed by atoms with Crippen molar-refractivity contribution in [2.45, 2.75) is 31.4 Å². The average Bonchev–Trinajstić information content (AvgIpc) is 2.39. The normalized spacial score (nSPS) is 21.1. The van der Waals surface area contributed by atoms with Gasteiger partial charge in [-0.3, -0.25) is 14.5 Å². The van der Waals surface area contributed by atoms with Crippen LogP contribution in [0.5, 0.6) is 0 Å². The largest absolute Gasteiger partial charge is 0.481 e. The Morgan fingerprint density at radius 2 is 2.33 bits per heavy atom. The first-order chi connectivity index (χ1) is 7.06. The number of thioether (sulfide) groups is 1. The van der Waals surface area contributed by atoms with E-state index in [1.165, 1.54) is 16.7 Å². The zero-order valence-corrected chi connectivity index (χ0v) is 10.1. The van der Waals surface area contributed by atoms with Gasteiger partial charge in [0.05, 0.1) is 6.42 Å². The monoisotopic (exact) mass is 247 g/mol. The van der Waals surface area contributed by atoms with Crippen LogP contribution in [0, 0.1) is 0 Å². The van der Waals surface area contributed by atoms with Crippen molar-refractivity contribution in [3.63, 3.8) is 0 Å². The number of hydrogen-bond acceptors (Lipinski definition) is 4. The highest BCUT2D eigenvalue weighted by Crippen LogP contribution is 2.29. The van der Waals surface area contributed by atoms with E-state index >= 15 is 0 Å². The molecule has 0 bridgehead atoms. The van der Waals surface area contributed by atoms with Gasteiger partial charge in [0.2, 0.25) is 5.91 Å². The Morgan fingerprint density at radius 3 is 2.87 bits per heavy atom. The molecule has 0 spiro atoms. The molecule has 0 aliphatic carbocycles. The summed E-state index contributed by atoms with van der Waals surface area (Å²) < 4.78 is 0.514. The molecule has 0 aromatic carbocycles. The molecule has 15 heavy (non-hydrogen) atoms. The first-order valence-corrected chi connectivity index (χ1v) is 6.08. The molecular weight excluding hydrogens is 234 g/mol. The SMILES string of the molecule is CCCCN1C(=O)[C@@H](CC(=O)O)SC1=S. The number of amides is 1. The Hall–Kier alpha value is -0.620. The van der Waals surface area contributed by atoms with Crippen LogP contribution in [0.2, 0.25) is 0 Å². The third-order valence-electron chi connectivity index (χ3n) is 2.10. The van der Waals surface area contributed by atoms with Crippen molar-refractivity contribution in [3.8, 4) is 0 Å². The maximum absolute atomic E-state index is 11.7. The van der Waals surface area contributed by atoms with Crippen LogP contribution < -0.4 is 0 Å². The van der Waals surface area contributed by atoms with E-state index in [4.69, 9.17) is 17.3 Å². The Labute approximate surface area is 98.0 Å². The molecule has 1 aliphatic heterocycles. The van der Waals surface area contributed by atoms with Gasteiger partial charge in [-0.05, 0) is 6.42 Å². The van der Waals surface area contributed by atoms with Crippen molar-refractivity contribution in [1.82, 2.24) is 4.90 Å². The van der Waals surface area contributed by atoms with Crippen molar-refractivity contribution in [3.05, 3.63) is 0 Å². The first kappa shape index (κ1) is 12.4. The first-order valence-electron chi connectivity index (χ1n) is 4.80. The molecule has 0 aromatic rings. The van der Waals surface area contributed by atoms with Gasteiger partial charge in [-0.2, -0.15) is 0 Å². The van der Waals surface area contributed by atoms with Crippen molar-refractivity contribution < 1.29 is 14.7 Å². The maximum Gasteiger partial charge on any atom is 0.305 e. The van der Waals surface area contributed by atoms with Crippen LogP contribution in [0.15, 0.2) is 0 Å². The van der Waals surface area contributed by atoms with E-state index < -0.39 is 11.2 Å². The molecule has 0 aromatic heterocycles. The van der Waals surface area contributed by atoms with Crippen LogP contribution in [0.3, 0.4) is 0 Å². The predicted molar refractivity (Wildman–Crippen MR) is 62.9 cm³/mol. The van der Waals surface area contributed by atoms with Gasteiger partial charge in [0, 0.05) is 6.54 Å². The topological polar surface area (TPSA) is 57.6 Å². The van der Waals surface area contributed by atoms with Gasteiger partial charge in [-0.25, -0.2) is 0 Å². The van der Waals surface area contributed by atoms with Crippen molar-refractivity contribution >= 4 is 40.2 Å². The quantitative estimate of drug-likeness (QED) is 0.746. The number of unbranched alkanes of at least 4 members (excludes halogenated alkanes) is 1. The molecule has 1 heterocycles. The van der Waals surface area contributed by atoms with Gasteiger partial charge in [0.1, 0.15) is 9.57 Å². The molecular formula is C9H13NO3S2. The van der Waals surface area contributed by atoms with Gasteiger partial charge in [0.25, 0.3) is 0 Å². The summed E-state index contributed by atoms with van der Waals surface area (Å²) in [7, 11) is 0. The Kier molecular flexibility index (Phi) is 4.53. The van der Waals surface area contributed by atoms with E-state index in [2.05, 4.69) is 0 Å². The summed E-state index contributed by atoms with van der Waals surface area (Å²) in [6.45, 7) is 2.64. The fraction of sp³-hybridized carbons (Fsp3) is 0.667. The van der Waals surface area contributed by atoms with Crippen LogP contribution in [0.4, 0.5) is 0 Å². The van der Waals surface area contributed by atoms with E-state index in [0.29, 0.717) is 10.9 Å². The van der Waals surface area contributed by atoms with E-state index in [0.717, 1.165) is 12.8 Å². The summed E-state index contributed by atoms with van der Waals surface area (Å²) >= 11 is 6.22. The van der Waals surface area contributed by atoms with Gasteiger partial charge in [-0.1, -0.05) is 37.3 Å². The highest BCUT2D eigenvalue weighted by molar-refractivity contribution is 8.24. The number of nitrogens with zero attached hydrogens (tertiary/aromatic N) is 1. The molecule has 1 saturated heterocycles. The Morgan fingerprint density at radius 1 is 1.67 bits per heavy atom. The van der Waals surface area contributed by atoms with E-state index in [1.54, 1.807) is 0 Å². The van der Waals surface area contributed by atoms with Crippen molar-refractivity contribution in [2.24, 2.45) is 0 Å². The smallest absolute Gasteiger partial charge is 0.305 e. The summed E-state index contributed by atoms with van der Waals surface area (Å²) in [6.07, 6.45) is 1.74. The fourth-order valence-corrected chi connectivity index (χ4v) is 2.84. The molecule has 0 unspecified atom stereocenters. The number of carboxylic acids is 1. The molecule has 1 rings (SSSR count). The fourth-order valence-electron chi connectivity index (χ4n) is 1.30. The summed E-state index contributed by atoms with van der Waals surface area (Å²) in [6, 6.07) is 0. The Bertz CT molecular complexity index is 293. The Balaban J connectivity index is 2.58. The average molecular weight is 247 g/mol. The zero-order valence-electron chi connectivity index (χ0n) is 8.43. The lowest BCUT2D eigenvalue weighted by Gasteiger charge is -2.14. The number of aliphatic carboxylic acids is 1. The highest BCUT2D eigenvalue weighted by Gasteiger charge is 2.37. The summed E-state index contributed by atoms with van der Waals surface area (Å²) in [5.41, 5.74) is 0. The maximum atomic E-state index is 11.7. The van der Waals surface area contributed by atoms with Crippen LogP contribution in [0.25, 0.3) is 0 Å². The predicted octanol–water partition coefficient (Wildman–Crippen LogP) is 1.49. The van der Waals surface area contributed by atoms with Crippen LogP contribution in [-0.2, 0) is 9.59 Å². The van der Waals surface area contributed by atoms with Crippen LogP contribution in [0.1, 0.15) is 26.2 Å². The number of thiocarbonyl (C=S) groups is 1. The summed E-state index contributed by atoms with van der Waals surface area (Å²) in [5, 5.41) is 8.09. The number of carboxylic acid groups (broad SMARTS) is 1. The van der Waals surface area contributed by atoms with E-state index in [9.17, 15) is 9.59 Å². The van der Waals surface area contributed by atoms with E-state index in [1.807, 2.05) is 6.92 Å². The molecule has 4 nitrogen and oxygen atoms in total. The van der Waals surface area contributed by atoms with E-state index in [-0.39, 0.29) is 12.3 Å². The third kappa shape index (κ3) is 3.17. The lowest BCUT2D eigenvalue weighted by molar-refractivity contribution is -0.139. The minimum absolute atomic E-state index is 0.147. The molecule has 1 atom stereocenters. The van der Waals surface area contributed by atoms with Crippen molar-refractivity contribution in [1.29, 1.82) is 0 Å². The second-order valence-corrected chi connectivity index (χ2v) is 5.15. The number of hydrogen-bond donors (Lipinski definition) is 1. The molecule has 1 amide bonds. The molecule has 6 heteroatoms. The van der Waals surface area contributed by atoms with Crippen LogP contribution in [-0.4, -0.2) is 38.0 Å². The zero-order chi connectivity index (χ0) is 11.4. The minimum atomic E-state index is -0.957. The summed E-state index contributed by atoms with van der Waals surface area (Å²) in [5.74, 6) is -1.11. The number of rotatable bonds is 5. The molecule has 1 aliphatic rings. The van der Waals surface area contributed by atoms with Crippen LogP contribution >= 0.6 is 24.0 Å². The third-order valence-corrected chi connectivity index (χ3v) is 3.68. The van der Waals surface area contributed by atoms with Gasteiger partial charge in [-0.15, -0.1) is 0 Å². The molecule has 0 saturated carbocycles. The highest BCUT2D eigenvalue weighted by atomic mass is 32.2. The second kappa shape index (κ2) is 5.46. The van der Waals surface area contributed by atoms with Gasteiger partial charge >= 0.3 is 5.97 Å². The lowest BCUT2D eigenvalue weighted by Crippen LogP contribution is -2.32. The summed E-state index contributed by atoms with van der Waals surface area (Å²) in [4.78, 5) is 23.7. The van der Waals surface area contributed by atoms with Crippen molar-refractivity contribution in [2.75, 3.05) is 6.54 Å². The molecule has 0 radical (unpaired) electrons. The second-order valence-electron chi connectivity index (χ2n) is 3.31. The number of carbonyl (C=O) groups excluding carboxylic acids is 1. The molecule has 1 N–H and O–H groups in total. The standard InChI is InChI=1S/C9H13NO3S2/c1-2-3-4-10-8(13)6(5-7(11)12)15-9(10)14/h6H,2-5H2,1H3,(H,11,12)/t6-/m1/s1. The number of carbonyl (C=O) groups is 2. The molecule has 1 fully saturated rings. The minimum Gasteiger partial charge on any atom is -0.481 e. The van der Waals surface area contributed by atoms with Gasteiger partial charge < -0.3 is 5.11 Å².